The Labute approximate surface area is 63.2 Å². The van der Waals surface area contributed by atoms with Gasteiger partial charge in [0.2, 0.25) is 0 Å². The third-order valence-electron chi connectivity index (χ3n) is 0.978. The van der Waals surface area contributed by atoms with Crippen molar-refractivity contribution in [3.05, 3.63) is 35.2 Å². The molecule has 0 atom stereocenters. The Kier molecular flexibility index (Phi) is 2.23. The highest BCUT2D eigenvalue weighted by Crippen LogP contribution is 2.07. The minimum atomic E-state index is -0.0926. The molecular formula is C7H7NOS. The molecule has 1 heterocycles. The minimum Gasteiger partial charge on any atom is -0.329 e. The van der Waals surface area contributed by atoms with Crippen LogP contribution in [0.3, 0.4) is 0 Å². The number of nitrogens with one attached hydrogen (secondary N) is 1. The van der Waals surface area contributed by atoms with Crippen molar-refractivity contribution < 1.29 is 4.79 Å². The van der Waals surface area contributed by atoms with Gasteiger partial charge in [0.05, 0.1) is 4.88 Å². The molecule has 0 bridgehead atoms. The Bertz CT molecular complexity index is 228. The predicted octanol–water partition coefficient (Wildman–Crippen LogP) is 1.62. The fourth-order valence-electron chi connectivity index (χ4n) is 0.572. The van der Waals surface area contributed by atoms with Gasteiger partial charge in [0, 0.05) is 0 Å². The second kappa shape index (κ2) is 3.17. The SMILES string of the molecule is C=CNC(=O)c1cccs1. The molecular weight excluding hydrogens is 146 g/mol. The maximum Gasteiger partial charge on any atom is 0.265 e. The van der Waals surface area contributed by atoms with Crippen LogP contribution in [-0.2, 0) is 0 Å². The summed E-state index contributed by atoms with van der Waals surface area (Å²) in [7, 11) is 0. The van der Waals surface area contributed by atoms with E-state index in [2.05, 4.69) is 11.9 Å². The molecule has 0 aliphatic rings. The molecule has 52 valence electrons. The van der Waals surface area contributed by atoms with E-state index in [-0.39, 0.29) is 5.91 Å². The third kappa shape index (κ3) is 1.45. The summed E-state index contributed by atoms with van der Waals surface area (Å²) < 4.78 is 0. The molecule has 2 nitrogen and oxygen atoms in total. The Morgan fingerprint density at radius 3 is 3.10 bits per heavy atom. The average molecular weight is 153 g/mol. The minimum absolute atomic E-state index is 0.0926. The van der Waals surface area contributed by atoms with Crippen LogP contribution in [0.1, 0.15) is 9.67 Å². The normalized spacial score (nSPS) is 8.80. The fraction of sp³-hybridized carbons (Fsp3) is 0. The van der Waals surface area contributed by atoms with E-state index < -0.39 is 0 Å². The molecule has 3 heteroatoms. The lowest BCUT2D eigenvalue weighted by Gasteiger charge is -1.92. The molecule has 0 aliphatic carbocycles. The Balaban J connectivity index is 2.68. The van der Waals surface area contributed by atoms with Gasteiger partial charge in [-0.05, 0) is 17.6 Å². The van der Waals surface area contributed by atoms with Gasteiger partial charge in [-0.2, -0.15) is 0 Å². The van der Waals surface area contributed by atoms with Crippen molar-refractivity contribution in [1.29, 1.82) is 0 Å². The van der Waals surface area contributed by atoms with Crippen molar-refractivity contribution in [3.8, 4) is 0 Å². The lowest BCUT2D eigenvalue weighted by molar-refractivity contribution is 0.0974. The third-order valence-corrected chi connectivity index (χ3v) is 1.85. The highest BCUT2D eigenvalue weighted by atomic mass is 32.1. The van der Waals surface area contributed by atoms with Crippen LogP contribution >= 0.6 is 11.3 Å². The summed E-state index contributed by atoms with van der Waals surface area (Å²) in [6.07, 6.45) is 1.38. The molecule has 0 unspecified atom stereocenters. The van der Waals surface area contributed by atoms with Crippen molar-refractivity contribution >= 4 is 17.2 Å². The van der Waals surface area contributed by atoms with Gasteiger partial charge in [-0.15, -0.1) is 11.3 Å². The zero-order valence-electron chi connectivity index (χ0n) is 5.33. The Hall–Kier alpha value is -1.09. The second-order valence-corrected chi connectivity index (χ2v) is 2.60. The molecule has 1 aromatic rings. The monoisotopic (exact) mass is 153 g/mol. The second-order valence-electron chi connectivity index (χ2n) is 1.65. The lowest BCUT2D eigenvalue weighted by Crippen LogP contribution is -2.14. The van der Waals surface area contributed by atoms with E-state index in [0.717, 1.165) is 0 Å². The Morgan fingerprint density at radius 1 is 1.80 bits per heavy atom. The molecule has 0 radical (unpaired) electrons. The van der Waals surface area contributed by atoms with Crippen LogP contribution < -0.4 is 5.32 Å². The van der Waals surface area contributed by atoms with Crippen LogP contribution in [0.5, 0.6) is 0 Å². The summed E-state index contributed by atoms with van der Waals surface area (Å²) in [6, 6.07) is 3.60. The standard InChI is InChI=1S/C7H7NOS/c1-2-8-7(9)6-4-3-5-10-6/h2-5H,1H2,(H,8,9). The largest absolute Gasteiger partial charge is 0.329 e. The first-order valence-corrected chi connectivity index (χ1v) is 3.68. The topological polar surface area (TPSA) is 29.1 Å². The summed E-state index contributed by atoms with van der Waals surface area (Å²) in [6.45, 7) is 3.38. The molecule has 0 aliphatic heterocycles. The first-order valence-electron chi connectivity index (χ1n) is 2.80. The van der Waals surface area contributed by atoms with Crippen LogP contribution in [0.2, 0.25) is 0 Å². The molecule has 10 heavy (non-hydrogen) atoms. The molecule has 1 N–H and O–H groups in total. The number of amides is 1. The number of rotatable bonds is 2. The molecule has 1 rings (SSSR count). The van der Waals surface area contributed by atoms with Gasteiger partial charge in [0.15, 0.2) is 0 Å². The van der Waals surface area contributed by atoms with E-state index in [9.17, 15) is 4.79 Å². The van der Waals surface area contributed by atoms with Gasteiger partial charge < -0.3 is 5.32 Å². The average Bonchev–Trinajstić information content (AvgIpc) is 2.38. The van der Waals surface area contributed by atoms with Crippen LogP contribution in [0, 0.1) is 0 Å². The highest BCUT2D eigenvalue weighted by molar-refractivity contribution is 7.12. The molecule has 0 spiro atoms. The molecule has 0 aromatic carbocycles. The number of thiophene rings is 1. The molecule has 0 fully saturated rings. The summed E-state index contributed by atoms with van der Waals surface area (Å²) in [4.78, 5) is 11.6. The predicted molar refractivity (Wildman–Crippen MR) is 42.0 cm³/mol. The van der Waals surface area contributed by atoms with Crippen molar-refractivity contribution in [2.75, 3.05) is 0 Å². The van der Waals surface area contributed by atoms with Gasteiger partial charge in [0.1, 0.15) is 0 Å². The van der Waals surface area contributed by atoms with Crippen molar-refractivity contribution in [2.45, 2.75) is 0 Å². The maximum atomic E-state index is 10.9. The molecule has 0 saturated carbocycles. The zero-order valence-corrected chi connectivity index (χ0v) is 6.15. The summed E-state index contributed by atoms with van der Waals surface area (Å²) in [5.41, 5.74) is 0. The van der Waals surface area contributed by atoms with Gasteiger partial charge in [-0.3, -0.25) is 4.79 Å². The summed E-state index contributed by atoms with van der Waals surface area (Å²) in [5.74, 6) is -0.0926. The van der Waals surface area contributed by atoms with E-state index in [4.69, 9.17) is 0 Å². The first-order chi connectivity index (χ1) is 4.84. The molecule has 1 amide bonds. The van der Waals surface area contributed by atoms with E-state index in [1.165, 1.54) is 17.5 Å². The smallest absolute Gasteiger partial charge is 0.265 e. The Morgan fingerprint density at radius 2 is 2.60 bits per heavy atom. The van der Waals surface area contributed by atoms with Gasteiger partial charge in [0.25, 0.3) is 5.91 Å². The van der Waals surface area contributed by atoms with Gasteiger partial charge in [-0.1, -0.05) is 12.6 Å². The van der Waals surface area contributed by atoms with Crippen LogP contribution in [0.25, 0.3) is 0 Å². The van der Waals surface area contributed by atoms with E-state index in [1.54, 1.807) is 6.07 Å². The first kappa shape index (κ1) is 7.02. The lowest BCUT2D eigenvalue weighted by atomic mass is 10.4. The van der Waals surface area contributed by atoms with E-state index in [1.807, 2.05) is 11.4 Å². The van der Waals surface area contributed by atoms with Crippen LogP contribution in [0.15, 0.2) is 30.3 Å². The van der Waals surface area contributed by atoms with E-state index in [0.29, 0.717) is 4.88 Å². The number of carbonyl (C=O) groups excluding carboxylic acids is 1. The quantitative estimate of drug-likeness (QED) is 0.687. The van der Waals surface area contributed by atoms with Crippen molar-refractivity contribution in [3.63, 3.8) is 0 Å². The zero-order chi connectivity index (χ0) is 7.40. The van der Waals surface area contributed by atoms with E-state index >= 15 is 0 Å². The maximum absolute atomic E-state index is 10.9. The van der Waals surface area contributed by atoms with Crippen LogP contribution in [0.4, 0.5) is 0 Å². The fourth-order valence-corrected chi connectivity index (χ4v) is 1.20. The number of carbonyl (C=O) groups is 1. The number of hydrogen-bond donors (Lipinski definition) is 1. The molecule has 1 aromatic heterocycles. The van der Waals surface area contributed by atoms with Gasteiger partial charge in [-0.25, -0.2) is 0 Å². The number of hydrogen-bond acceptors (Lipinski definition) is 2. The summed E-state index contributed by atoms with van der Waals surface area (Å²) >= 11 is 1.41. The van der Waals surface area contributed by atoms with Crippen molar-refractivity contribution in [1.82, 2.24) is 5.32 Å². The molecule has 0 saturated heterocycles. The summed E-state index contributed by atoms with van der Waals surface area (Å²) in [5, 5.41) is 4.34. The highest BCUT2D eigenvalue weighted by Gasteiger charge is 2.01. The van der Waals surface area contributed by atoms with Crippen molar-refractivity contribution in [2.24, 2.45) is 0 Å². The van der Waals surface area contributed by atoms with Crippen LogP contribution in [-0.4, -0.2) is 5.91 Å². The van der Waals surface area contributed by atoms with Gasteiger partial charge >= 0.3 is 0 Å².